The van der Waals surface area contributed by atoms with Gasteiger partial charge in [-0.25, -0.2) is 8.42 Å². The zero-order valence-electron chi connectivity index (χ0n) is 15.9. The first-order valence-electron chi connectivity index (χ1n) is 9.13. The Morgan fingerprint density at radius 1 is 1.14 bits per heavy atom. The van der Waals surface area contributed by atoms with Gasteiger partial charge < -0.3 is 10.1 Å². The van der Waals surface area contributed by atoms with E-state index in [0.717, 1.165) is 22.0 Å². The van der Waals surface area contributed by atoms with E-state index in [1.165, 1.54) is 11.8 Å². The summed E-state index contributed by atoms with van der Waals surface area (Å²) in [6.45, 7) is 2.13. The number of anilines is 1. The Hall–Kier alpha value is -2.19. The summed E-state index contributed by atoms with van der Waals surface area (Å²) in [6, 6.07) is 13.6. The molecule has 8 heteroatoms. The summed E-state index contributed by atoms with van der Waals surface area (Å²) in [5.41, 5.74) is 0.420. The quantitative estimate of drug-likeness (QED) is 0.630. The lowest BCUT2D eigenvalue weighted by Crippen LogP contribution is -2.41. The lowest BCUT2D eigenvalue weighted by Gasteiger charge is -2.24. The van der Waals surface area contributed by atoms with Gasteiger partial charge in [0.25, 0.3) is 10.0 Å². The van der Waals surface area contributed by atoms with Gasteiger partial charge in [-0.1, -0.05) is 0 Å². The number of ether oxygens (including phenoxy) is 1. The molecule has 28 heavy (non-hydrogen) atoms. The van der Waals surface area contributed by atoms with Crippen LogP contribution in [0.15, 0.2) is 58.3 Å². The molecular weight excluding hydrogens is 396 g/mol. The molecule has 0 spiro atoms. The maximum atomic E-state index is 13.3. The molecule has 0 atom stereocenters. The maximum absolute atomic E-state index is 13.3. The number of hydrogen-bond donors (Lipinski definition) is 1. The van der Waals surface area contributed by atoms with E-state index >= 15 is 0 Å². The van der Waals surface area contributed by atoms with Gasteiger partial charge in [0, 0.05) is 10.9 Å². The second kappa shape index (κ2) is 8.87. The van der Waals surface area contributed by atoms with Gasteiger partial charge in [-0.15, -0.1) is 11.8 Å². The highest BCUT2D eigenvalue weighted by atomic mass is 32.2. The fourth-order valence-corrected chi connectivity index (χ4v) is 4.53. The Morgan fingerprint density at radius 2 is 1.79 bits per heavy atom. The minimum Gasteiger partial charge on any atom is -0.494 e. The van der Waals surface area contributed by atoms with Gasteiger partial charge in [0.05, 0.1) is 17.2 Å². The molecule has 0 aromatic heterocycles. The van der Waals surface area contributed by atoms with Crippen LogP contribution < -0.4 is 14.4 Å². The lowest BCUT2D eigenvalue weighted by atomic mass is 10.3. The first-order valence-corrected chi connectivity index (χ1v) is 11.8. The summed E-state index contributed by atoms with van der Waals surface area (Å²) in [4.78, 5) is 13.5. The summed E-state index contributed by atoms with van der Waals surface area (Å²) in [6.07, 6.45) is 3.81. The van der Waals surface area contributed by atoms with Crippen LogP contribution in [0.5, 0.6) is 5.75 Å². The number of carbonyl (C=O) groups excluding carboxylic acids is 1. The predicted octanol–water partition coefficient (Wildman–Crippen LogP) is 3.28. The second-order valence-corrected chi connectivity index (χ2v) is 9.20. The van der Waals surface area contributed by atoms with Crippen LogP contribution in [0.3, 0.4) is 0 Å². The third-order valence-corrected chi connectivity index (χ3v) is 6.84. The van der Waals surface area contributed by atoms with Crippen molar-refractivity contribution in [1.29, 1.82) is 0 Å². The van der Waals surface area contributed by atoms with Crippen molar-refractivity contribution < 1.29 is 17.9 Å². The van der Waals surface area contributed by atoms with Crippen LogP contribution in [-0.2, 0) is 14.8 Å². The minimum absolute atomic E-state index is 0.151. The van der Waals surface area contributed by atoms with Crippen molar-refractivity contribution in [3.63, 3.8) is 0 Å². The van der Waals surface area contributed by atoms with Crippen LogP contribution in [0.4, 0.5) is 5.69 Å². The van der Waals surface area contributed by atoms with E-state index in [0.29, 0.717) is 18.0 Å². The third-order valence-electron chi connectivity index (χ3n) is 4.31. The molecule has 1 fully saturated rings. The van der Waals surface area contributed by atoms with Gasteiger partial charge in [-0.3, -0.25) is 9.10 Å². The van der Waals surface area contributed by atoms with E-state index in [2.05, 4.69) is 5.32 Å². The number of nitrogens with zero attached hydrogens (tertiary/aromatic N) is 1. The van der Waals surface area contributed by atoms with E-state index < -0.39 is 10.0 Å². The van der Waals surface area contributed by atoms with E-state index in [1.807, 2.05) is 13.2 Å². The molecule has 2 aromatic carbocycles. The number of carbonyl (C=O) groups is 1. The number of sulfonamides is 1. The van der Waals surface area contributed by atoms with Gasteiger partial charge in [0.1, 0.15) is 12.3 Å². The highest BCUT2D eigenvalue weighted by molar-refractivity contribution is 7.98. The molecule has 0 bridgehead atoms. The maximum Gasteiger partial charge on any atom is 0.264 e. The SMILES string of the molecule is CCOc1ccc(N(CC(=O)NC2CC2)S(=O)(=O)c2ccc(SC)cc2)cc1. The minimum atomic E-state index is -3.89. The standard InChI is InChI=1S/C20H24N2O4S2/c1-3-26-17-8-6-16(7-9-17)22(14-20(23)21-15-4-5-15)28(24,25)19-12-10-18(27-2)11-13-19/h6-13,15H,3-5,14H2,1-2H3,(H,21,23). The molecule has 3 rings (SSSR count). The molecule has 0 saturated heterocycles. The van der Waals surface area contributed by atoms with Crippen LogP contribution in [-0.4, -0.2) is 39.8 Å². The number of nitrogens with one attached hydrogen (secondary N) is 1. The largest absolute Gasteiger partial charge is 0.494 e. The van der Waals surface area contributed by atoms with E-state index in [-0.39, 0.29) is 23.4 Å². The fourth-order valence-electron chi connectivity index (χ4n) is 2.70. The summed E-state index contributed by atoms with van der Waals surface area (Å²) in [7, 11) is -3.89. The summed E-state index contributed by atoms with van der Waals surface area (Å²) < 4.78 is 33.2. The van der Waals surface area contributed by atoms with Crippen molar-refractivity contribution in [1.82, 2.24) is 5.32 Å². The van der Waals surface area contributed by atoms with Gasteiger partial charge in [-0.05, 0) is 74.6 Å². The Balaban J connectivity index is 1.92. The van der Waals surface area contributed by atoms with Gasteiger partial charge in [0.2, 0.25) is 5.91 Å². The Labute approximate surface area is 170 Å². The van der Waals surface area contributed by atoms with E-state index in [1.54, 1.807) is 48.5 Å². The molecule has 150 valence electrons. The second-order valence-electron chi connectivity index (χ2n) is 6.46. The number of rotatable bonds is 9. The number of benzene rings is 2. The number of hydrogen-bond acceptors (Lipinski definition) is 5. The van der Waals surface area contributed by atoms with Gasteiger partial charge in [0.15, 0.2) is 0 Å². The Kier molecular flexibility index (Phi) is 6.51. The Bertz CT molecular complexity index is 908. The first-order chi connectivity index (χ1) is 13.4. The predicted molar refractivity (Wildman–Crippen MR) is 112 cm³/mol. The normalized spacial score (nSPS) is 13.8. The molecule has 1 amide bonds. The van der Waals surface area contributed by atoms with Crippen LogP contribution in [0.25, 0.3) is 0 Å². The highest BCUT2D eigenvalue weighted by Gasteiger charge is 2.30. The van der Waals surface area contributed by atoms with Crippen molar-refractivity contribution in [2.75, 3.05) is 23.7 Å². The van der Waals surface area contributed by atoms with Crippen molar-refractivity contribution in [2.45, 2.75) is 35.6 Å². The summed E-state index contributed by atoms with van der Waals surface area (Å²) in [5, 5.41) is 2.85. The molecule has 2 aromatic rings. The lowest BCUT2D eigenvalue weighted by molar-refractivity contribution is -0.119. The van der Waals surface area contributed by atoms with Crippen molar-refractivity contribution in [3.8, 4) is 5.75 Å². The zero-order valence-corrected chi connectivity index (χ0v) is 17.6. The van der Waals surface area contributed by atoms with Gasteiger partial charge in [-0.2, -0.15) is 0 Å². The topological polar surface area (TPSA) is 75.7 Å². The molecule has 6 nitrogen and oxygen atoms in total. The molecule has 1 saturated carbocycles. The third kappa shape index (κ3) is 4.99. The Morgan fingerprint density at radius 3 is 2.32 bits per heavy atom. The average molecular weight is 421 g/mol. The zero-order chi connectivity index (χ0) is 20.1. The van der Waals surface area contributed by atoms with E-state index in [4.69, 9.17) is 4.74 Å². The van der Waals surface area contributed by atoms with Crippen LogP contribution in [0.2, 0.25) is 0 Å². The number of thioether (sulfide) groups is 1. The molecular formula is C20H24N2O4S2. The highest BCUT2D eigenvalue weighted by Crippen LogP contribution is 2.27. The summed E-state index contributed by atoms with van der Waals surface area (Å²) >= 11 is 1.54. The molecule has 0 heterocycles. The van der Waals surface area contributed by atoms with Crippen molar-refractivity contribution in [2.24, 2.45) is 0 Å². The molecule has 0 radical (unpaired) electrons. The average Bonchev–Trinajstić information content (AvgIpc) is 3.51. The van der Waals surface area contributed by atoms with Crippen molar-refractivity contribution in [3.05, 3.63) is 48.5 Å². The van der Waals surface area contributed by atoms with Gasteiger partial charge >= 0.3 is 0 Å². The van der Waals surface area contributed by atoms with Crippen LogP contribution in [0, 0.1) is 0 Å². The molecule has 1 aliphatic carbocycles. The van der Waals surface area contributed by atoms with Crippen LogP contribution in [0.1, 0.15) is 19.8 Å². The van der Waals surface area contributed by atoms with Crippen molar-refractivity contribution >= 4 is 33.4 Å². The molecule has 1 aliphatic rings. The monoisotopic (exact) mass is 420 g/mol. The smallest absolute Gasteiger partial charge is 0.264 e. The first kappa shape index (κ1) is 20.5. The molecule has 1 N–H and O–H groups in total. The number of amides is 1. The van der Waals surface area contributed by atoms with E-state index in [9.17, 15) is 13.2 Å². The fraction of sp³-hybridized carbons (Fsp3) is 0.350. The summed E-state index contributed by atoms with van der Waals surface area (Å²) in [5.74, 6) is 0.344. The van der Waals surface area contributed by atoms with Crippen LogP contribution >= 0.6 is 11.8 Å². The molecule has 0 unspecified atom stereocenters. The molecule has 0 aliphatic heterocycles.